The van der Waals surface area contributed by atoms with E-state index >= 15 is 0 Å². The van der Waals surface area contributed by atoms with Gasteiger partial charge in [0.2, 0.25) is 0 Å². The summed E-state index contributed by atoms with van der Waals surface area (Å²) in [6, 6.07) is 3.44. The molecular formula is C12H16F2N2. The van der Waals surface area contributed by atoms with Crippen LogP contribution in [0.1, 0.15) is 30.6 Å². The van der Waals surface area contributed by atoms with Gasteiger partial charge in [0, 0.05) is 36.8 Å². The summed E-state index contributed by atoms with van der Waals surface area (Å²) < 4.78 is 27.1. The first-order chi connectivity index (χ1) is 7.49. The first-order valence-corrected chi connectivity index (χ1v) is 5.53. The third-order valence-corrected chi connectivity index (χ3v) is 3.20. The molecular weight excluding hydrogens is 210 g/mol. The van der Waals surface area contributed by atoms with Crippen molar-refractivity contribution in [1.82, 2.24) is 10.3 Å². The summed E-state index contributed by atoms with van der Waals surface area (Å²) in [5, 5.41) is 3.14. The van der Waals surface area contributed by atoms with Crippen molar-refractivity contribution in [3.63, 3.8) is 0 Å². The zero-order valence-corrected chi connectivity index (χ0v) is 9.50. The second kappa shape index (κ2) is 4.09. The fraction of sp³-hybridized carbons (Fsp3) is 0.583. The van der Waals surface area contributed by atoms with Crippen molar-refractivity contribution in [1.29, 1.82) is 0 Å². The van der Waals surface area contributed by atoms with Crippen LogP contribution >= 0.6 is 0 Å². The van der Waals surface area contributed by atoms with Gasteiger partial charge in [-0.05, 0) is 18.6 Å². The molecule has 0 aromatic carbocycles. The van der Waals surface area contributed by atoms with Gasteiger partial charge in [0.25, 0.3) is 5.92 Å². The normalized spacial score (nSPS) is 29.0. The van der Waals surface area contributed by atoms with E-state index in [1.165, 1.54) is 0 Å². The number of aromatic nitrogens is 1. The third-order valence-electron chi connectivity index (χ3n) is 3.20. The topological polar surface area (TPSA) is 24.9 Å². The number of alkyl halides is 2. The fourth-order valence-electron chi connectivity index (χ4n) is 1.93. The van der Waals surface area contributed by atoms with Crippen molar-refractivity contribution >= 4 is 0 Å². The number of nitrogens with zero attached hydrogens (tertiary/aromatic N) is 1. The molecule has 2 rings (SSSR count). The molecule has 0 radical (unpaired) electrons. The van der Waals surface area contributed by atoms with Crippen LogP contribution in [0.4, 0.5) is 8.78 Å². The van der Waals surface area contributed by atoms with E-state index in [1.54, 1.807) is 13.1 Å². The Labute approximate surface area is 94.1 Å². The number of piperidine rings is 1. The van der Waals surface area contributed by atoms with Crippen LogP contribution in [0.25, 0.3) is 0 Å². The van der Waals surface area contributed by atoms with E-state index in [9.17, 15) is 8.78 Å². The molecule has 16 heavy (non-hydrogen) atoms. The fourth-order valence-corrected chi connectivity index (χ4v) is 1.93. The van der Waals surface area contributed by atoms with Gasteiger partial charge in [-0.25, -0.2) is 8.78 Å². The number of hydrogen-bond donors (Lipinski definition) is 1. The van der Waals surface area contributed by atoms with Gasteiger partial charge in [-0.3, -0.25) is 4.98 Å². The Bertz CT molecular complexity index is 362. The zero-order valence-electron chi connectivity index (χ0n) is 9.50. The lowest BCUT2D eigenvalue weighted by Crippen LogP contribution is -2.45. The maximum absolute atomic E-state index is 13.6. The van der Waals surface area contributed by atoms with Crippen molar-refractivity contribution in [2.75, 3.05) is 6.54 Å². The Morgan fingerprint density at radius 3 is 2.75 bits per heavy atom. The highest BCUT2D eigenvalue weighted by Gasteiger charge is 2.42. The molecule has 1 aromatic heterocycles. The van der Waals surface area contributed by atoms with Crippen LogP contribution in [0.3, 0.4) is 0 Å². The predicted molar refractivity (Wildman–Crippen MR) is 58.4 cm³/mol. The minimum absolute atomic E-state index is 0.140. The molecule has 2 nitrogen and oxygen atoms in total. The van der Waals surface area contributed by atoms with Gasteiger partial charge in [0.1, 0.15) is 0 Å². The molecule has 88 valence electrons. The average Bonchev–Trinajstić information content (AvgIpc) is 2.23. The first-order valence-electron chi connectivity index (χ1n) is 5.53. The maximum Gasteiger partial charge on any atom is 0.253 e. The molecule has 1 N–H and O–H groups in total. The van der Waals surface area contributed by atoms with Crippen molar-refractivity contribution in [2.45, 2.75) is 32.2 Å². The van der Waals surface area contributed by atoms with E-state index < -0.39 is 11.8 Å². The number of aryl methyl sites for hydroxylation is 1. The van der Waals surface area contributed by atoms with Crippen molar-refractivity contribution < 1.29 is 8.78 Å². The lowest BCUT2D eigenvalue weighted by molar-refractivity contribution is -0.0841. The average molecular weight is 226 g/mol. The molecule has 1 aliphatic heterocycles. The van der Waals surface area contributed by atoms with Gasteiger partial charge in [-0.1, -0.05) is 13.0 Å². The van der Waals surface area contributed by atoms with Crippen LogP contribution in [0.15, 0.2) is 18.3 Å². The summed E-state index contributed by atoms with van der Waals surface area (Å²) >= 11 is 0. The maximum atomic E-state index is 13.6. The highest BCUT2D eigenvalue weighted by Crippen LogP contribution is 2.37. The van der Waals surface area contributed by atoms with E-state index in [0.717, 1.165) is 11.3 Å². The summed E-state index contributed by atoms with van der Waals surface area (Å²) in [6.07, 6.45) is 1.54. The van der Waals surface area contributed by atoms with E-state index in [-0.39, 0.29) is 12.5 Å². The van der Waals surface area contributed by atoms with Gasteiger partial charge in [-0.2, -0.15) is 0 Å². The Balaban J connectivity index is 2.14. The quantitative estimate of drug-likeness (QED) is 0.796. The van der Waals surface area contributed by atoms with Gasteiger partial charge in [0.05, 0.1) is 0 Å². The molecule has 1 saturated heterocycles. The highest BCUT2D eigenvalue weighted by molar-refractivity contribution is 5.18. The van der Waals surface area contributed by atoms with Crippen molar-refractivity contribution in [3.05, 3.63) is 29.6 Å². The molecule has 2 atom stereocenters. The zero-order chi connectivity index (χ0) is 11.8. The van der Waals surface area contributed by atoms with Crippen LogP contribution in [0.2, 0.25) is 0 Å². The number of pyridine rings is 1. The number of hydrogen-bond acceptors (Lipinski definition) is 2. The Morgan fingerprint density at radius 1 is 1.44 bits per heavy atom. The van der Waals surface area contributed by atoms with Crippen LogP contribution in [-0.4, -0.2) is 17.5 Å². The second-order valence-corrected chi connectivity index (χ2v) is 4.56. The smallest absolute Gasteiger partial charge is 0.253 e. The summed E-state index contributed by atoms with van der Waals surface area (Å²) in [5.74, 6) is -3.18. The highest BCUT2D eigenvalue weighted by atomic mass is 19.3. The largest absolute Gasteiger partial charge is 0.309 e. The lowest BCUT2D eigenvalue weighted by atomic mass is 9.89. The Kier molecular flexibility index (Phi) is 2.93. The number of halogens is 2. The van der Waals surface area contributed by atoms with E-state index in [1.807, 2.05) is 19.1 Å². The standard InChI is InChI=1S/C12H16F2N2/c1-8-6-16-11(5-12(8,13)14)10-4-3-9(2)15-7-10/h3-4,7-8,11,16H,5-6H2,1-2H3/t8-,11-/m0/s1. The molecule has 0 amide bonds. The van der Waals surface area contributed by atoms with Crippen LogP contribution in [-0.2, 0) is 0 Å². The molecule has 1 fully saturated rings. The van der Waals surface area contributed by atoms with E-state index in [0.29, 0.717) is 6.54 Å². The van der Waals surface area contributed by atoms with Gasteiger partial charge < -0.3 is 5.32 Å². The number of rotatable bonds is 1. The second-order valence-electron chi connectivity index (χ2n) is 4.56. The lowest BCUT2D eigenvalue weighted by Gasteiger charge is -2.35. The molecule has 2 heterocycles. The minimum Gasteiger partial charge on any atom is -0.309 e. The summed E-state index contributed by atoms with van der Waals surface area (Å²) in [6.45, 7) is 3.82. The molecule has 0 aliphatic carbocycles. The summed E-state index contributed by atoms with van der Waals surface area (Å²) in [7, 11) is 0. The van der Waals surface area contributed by atoms with Crippen molar-refractivity contribution in [2.24, 2.45) is 5.92 Å². The summed E-state index contributed by atoms with van der Waals surface area (Å²) in [5.41, 5.74) is 1.75. The third kappa shape index (κ3) is 2.21. The van der Waals surface area contributed by atoms with Crippen LogP contribution in [0.5, 0.6) is 0 Å². The van der Waals surface area contributed by atoms with Gasteiger partial charge >= 0.3 is 0 Å². The first kappa shape index (κ1) is 11.5. The molecule has 0 bridgehead atoms. The molecule has 1 aliphatic rings. The van der Waals surface area contributed by atoms with Crippen LogP contribution < -0.4 is 5.32 Å². The van der Waals surface area contributed by atoms with Crippen molar-refractivity contribution in [3.8, 4) is 0 Å². The molecule has 0 saturated carbocycles. The molecule has 0 unspecified atom stereocenters. The Morgan fingerprint density at radius 2 is 2.19 bits per heavy atom. The molecule has 0 spiro atoms. The number of nitrogens with one attached hydrogen (secondary N) is 1. The molecule has 4 heteroatoms. The molecule has 1 aromatic rings. The minimum atomic E-state index is -2.58. The summed E-state index contributed by atoms with van der Waals surface area (Å²) in [4.78, 5) is 4.14. The van der Waals surface area contributed by atoms with Crippen LogP contribution in [0, 0.1) is 12.8 Å². The van der Waals surface area contributed by atoms with Gasteiger partial charge in [-0.15, -0.1) is 0 Å². The van der Waals surface area contributed by atoms with E-state index in [2.05, 4.69) is 10.3 Å². The Hall–Kier alpha value is -1.03. The van der Waals surface area contributed by atoms with E-state index in [4.69, 9.17) is 0 Å². The van der Waals surface area contributed by atoms with Gasteiger partial charge in [0.15, 0.2) is 0 Å². The SMILES string of the molecule is Cc1ccc([C@@H]2CC(F)(F)[C@@H](C)CN2)cn1. The monoisotopic (exact) mass is 226 g/mol. The predicted octanol–water partition coefficient (Wildman–Crippen LogP) is 2.70.